The van der Waals surface area contributed by atoms with E-state index in [1.54, 1.807) is 0 Å². The predicted octanol–water partition coefficient (Wildman–Crippen LogP) is 9.82. The van der Waals surface area contributed by atoms with Crippen LogP contribution in [0.1, 0.15) is 162 Å². The van der Waals surface area contributed by atoms with Crippen LogP contribution in [0.2, 0.25) is 0 Å². The van der Waals surface area contributed by atoms with Gasteiger partial charge in [-0.2, -0.15) is 0 Å². The van der Waals surface area contributed by atoms with Gasteiger partial charge in [-0.25, -0.2) is 4.57 Å². The lowest BCUT2D eigenvalue weighted by atomic mass is 10.1. The molecule has 0 rings (SSSR count). The average Bonchev–Trinajstić information content (AvgIpc) is 3.07. The Hall–Kier alpha value is -1.77. The molecular formula is C38H70NO8P. The van der Waals surface area contributed by atoms with Gasteiger partial charge in [-0.15, -0.1) is 0 Å². The zero-order chi connectivity index (χ0) is 35.4. The van der Waals surface area contributed by atoms with E-state index in [4.69, 9.17) is 13.8 Å². The highest BCUT2D eigenvalue weighted by molar-refractivity contribution is 7.47. The number of carbonyl (C=O) groups is 2. The Morgan fingerprint density at radius 3 is 1.69 bits per heavy atom. The van der Waals surface area contributed by atoms with Crippen molar-refractivity contribution in [3.8, 4) is 0 Å². The molecule has 48 heavy (non-hydrogen) atoms. The van der Waals surface area contributed by atoms with Gasteiger partial charge in [-0.3, -0.25) is 18.6 Å². The summed E-state index contributed by atoms with van der Waals surface area (Å²) in [5, 5.41) is 12.6. The molecule has 3 N–H and O–H groups in total. The van der Waals surface area contributed by atoms with E-state index in [-0.39, 0.29) is 32.1 Å². The maximum Gasteiger partial charge on any atom is 0.472 e. The summed E-state index contributed by atoms with van der Waals surface area (Å²) in [7, 11) is -4.41. The number of rotatable bonds is 35. The van der Waals surface area contributed by atoms with Gasteiger partial charge >= 0.3 is 13.8 Å². The Morgan fingerprint density at radius 1 is 0.646 bits per heavy atom. The van der Waals surface area contributed by atoms with E-state index in [0.29, 0.717) is 6.42 Å². The van der Waals surface area contributed by atoms with Gasteiger partial charge in [0.25, 0.3) is 0 Å². The smallest absolute Gasteiger partial charge is 0.463 e. The topological polar surface area (TPSA) is 131 Å². The molecule has 10 heteroatoms. The highest BCUT2D eigenvalue weighted by atomic mass is 31.2. The molecule has 0 fully saturated rings. The number of unbranched alkanes of at least 4 members (excludes halogenated alkanes) is 16. The van der Waals surface area contributed by atoms with Crippen LogP contribution in [-0.4, -0.2) is 54.3 Å². The molecule has 0 aliphatic carbocycles. The van der Waals surface area contributed by atoms with Gasteiger partial charge < -0.3 is 20.1 Å². The number of esters is 1. The van der Waals surface area contributed by atoms with Crippen molar-refractivity contribution in [1.29, 1.82) is 0 Å². The molecule has 2 atom stereocenters. The van der Waals surface area contributed by atoms with Gasteiger partial charge in [0.1, 0.15) is 12.7 Å². The van der Waals surface area contributed by atoms with E-state index < -0.39 is 26.5 Å². The summed E-state index contributed by atoms with van der Waals surface area (Å²) in [4.78, 5) is 33.7. The molecule has 1 amide bonds. The van der Waals surface area contributed by atoms with Gasteiger partial charge in [0.2, 0.25) is 5.91 Å². The average molecular weight is 700 g/mol. The van der Waals surface area contributed by atoms with Gasteiger partial charge in [-0.1, -0.05) is 115 Å². The first-order valence-corrected chi connectivity index (χ1v) is 20.5. The minimum atomic E-state index is -4.41. The monoisotopic (exact) mass is 699 g/mol. The molecule has 0 aromatic carbocycles. The minimum Gasteiger partial charge on any atom is -0.463 e. The number of hydrogen-bond donors (Lipinski definition) is 3. The van der Waals surface area contributed by atoms with Crippen LogP contribution in [0.4, 0.5) is 0 Å². The van der Waals surface area contributed by atoms with Crippen molar-refractivity contribution in [2.45, 2.75) is 168 Å². The standard InChI is InChI=1S/C38H70NO8P/c1-3-5-7-9-11-13-15-17-18-19-20-22-24-26-28-30-37(41)39-32-33-46-48(43,44)47-35-36(40)34-45-38(42)31-29-27-25-23-21-16-14-12-10-8-6-4-2/h11-14,17-18,36,40H,3-10,15-16,19-35H2,1-2H3,(H,39,41)(H,43,44)/b13-11-,14-12-,18-17-. The zero-order valence-corrected chi connectivity index (χ0v) is 31.3. The normalized spacial score (nSPS) is 13.8. The second kappa shape index (κ2) is 35.1. The summed E-state index contributed by atoms with van der Waals surface area (Å²) in [6.45, 7) is 3.45. The highest BCUT2D eigenvalue weighted by Crippen LogP contribution is 2.42. The Labute approximate surface area is 293 Å². The largest absolute Gasteiger partial charge is 0.472 e. The summed E-state index contributed by atoms with van der Waals surface area (Å²) in [5.74, 6) is -0.542. The number of aliphatic hydroxyl groups excluding tert-OH is 1. The summed E-state index contributed by atoms with van der Waals surface area (Å²) in [5.41, 5.74) is 0. The lowest BCUT2D eigenvalue weighted by molar-refractivity contribution is -0.147. The molecule has 9 nitrogen and oxygen atoms in total. The SMILES string of the molecule is CCCCC/C=C\C/C=C\CCCCCCCC(=O)NCCOP(=O)(O)OCC(O)COC(=O)CCCCCCC/C=C\CCCCC. The molecular weight excluding hydrogens is 629 g/mol. The molecule has 0 saturated heterocycles. The Kier molecular flexibility index (Phi) is 33.8. The van der Waals surface area contributed by atoms with E-state index in [2.05, 4.69) is 55.6 Å². The van der Waals surface area contributed by atoms with Crippen LogP contribution in [0.25, 0.3) is 0 Å². The molecule has 0 saturated carbocycles. The third kappa shape index (κ3) is 35.5. The summed E-state index contributed by atoms with van der Waals surface area (Å²) in [6.07, 6.45) is 36.4. The molecule has 0 aromatic rings. The fourth-order valence-electron chi connectivity index (χ4n) is 4.87. The second-order valence-corrected chi connectivity index (χ2v) is 14.0. The van der Waals surface area contributed by atoms with Crippen molar-refractivity contribution >= 4 is 19.7 Å². The first kappa shape index (κ1) is 46.2. The molecule has 0 aliphatic heterocycles. The van der Waals surface area contributed by atoms with E-state index >= 15 is 0 Å². The van der Waals surface area contributed by atoms with E-state index in [9.17, 15) is 24.2 Å². The van der Waals surface area contributed by atoms with Crippen LogP contribution >= 0.6 is 7.82 Å². The number of phosphoric ester groups is 1. The van der Waals surface area contributed by atoms with Gasteiger partial charge in [0.15, 0.2) is 0 Å². The Morgan fingerprint density at radius 2 is 1.12 bits per heavy atom. The van der Waals surface area contributed by atoms with Crippen molar-refractivity contribution in [2.75, 3.05) is 26.4 Å². The molecule has 280 valence electrons. The van der Waals surface area contributed by atoms with E-state index in [0.717, 1.165) is 83.5 Å². The number of nitrogens with one attached hydrogen (secondary N) is 1. The van der Waals surface area contributed by atoms with Gasteiger partial charge in [0.05, 0.1) is 13.2 Å². The molecule has 0 bridgehead atoms. The second-order valence-electron chi connectivity index (χ2n) is 12.5. The predicted molar refractivity (Wildman–Crippen MR) is 197 cm³/mol. The van der Waals surface area contributed by atoms with Crippen molar-refractivity contribution in [2.24, 2.45) is 0 Å². The quantitative estimate of drug-likeness (QED) is 0.0258. The summed E-state index contributed by atoms with van der Waals surface area (Å²) >= 11 is 0. The molecule has 0 spiro atoms. The number of amides is 1. The van der Waals surface area contributed by atoms with Gasteiger partial charge in [0, 0.05) is 19.4 Å². The summed E-state index contributed by atoms with van der Waals surface area (Å²) < 4.78 is 26.7. The number of aliphatic hydroxyl groups is 1. The summed E-state index contributed by atoms with van der Waals surface area (Å²) in [6, 6.07) is 0. The third-order valence-electron chi connectivity index (χ3n) is 7.79. The van der Waals surface area contributed by atoms with Crippen molar-refractivity contribution < 1.29 is 37.9 Å². The maximum absolute atomic E-state index is 12.0. The lowest BCUT2D eigenvalue weighted by Gasteiger charge is -2.15. The first-order valence-electron chi connectivity index (χ1n) is 19.0. The zero-order valence-electron chi connectivity index (χ0n) is 30.4. The minimum absolute atomic E-state index is 0.0728. The van der Waals surface area contributed by atoms with Crippen LogP contribution in [0.3, 0.4) is 0 Å². The van der Waals surface area contributed by atoms with E-state index in [1.165, 1.54) is 51.4 Å². The van der Waals surface area contributed by atoms with Crippen molar-refractivity contribution in [3.63, 3.8) is 0 Å². The fourth-order valence-corrected chi connectivity index (χ4v) is 5.63. The third-order valence-corrected chi connectivity index (χ3v) is 8.78. The fraction of sp³-hybridized carbons (Fsp3) is 0.789. The van der Waals surface area contributed by atoms with Crippen LogP contribution in [0.5, 0.6) is 0 Å². The molecule has 0 aromatic heterocycles. The van der Waals surface area contributed by atoms with E-state index in [1.807, 2.05) is 0 Å². The number of hydrogen-bond acceptors (Lipinski definition) is 7. The molecule has 2 unspecified atom stereocenters. The number of carbonyl (C=O) groups excluding carboxylic acids is 2. The molecule has 0 heterocycles. The van der Waals surface area contributed by atoms with Gasteiger partial charge in [-0.05, 0) is 70.6 Å². The van der Waals surface area contributed by atoms with Crippen LogP contribution in [0.15, 0.2) is 36.5 Å². The highest BCUT2D eigenvalue weighted by Gasteiger charge is 2.23. The Bertz CT molecular complexity index is 892. The van der Waals surface area contributed by atoms with Crippen molar-refractivity contribution in [3.05, 3.63) is 36.5 Å². The number of ether oxygens (including phenoxy) is 1. The molecule has 0 aliphatic rings. The maximum atomic E-state index is 12.0. The lowest BCUT2D eigenvalue weighted by Crippen LogP contribution is -2.27. The first-order chi connectivity index (χ1) is 23.3. The Balaban J connectivity index is 3.66. The van der Waals surface area contributed by atoms with Crippen molar-refractivity contribution in [1.82, 2.24) is 5.32 Å². The van der Waals surface area contributed by atoms with Crippen LogP contribution in [0, 0.1) is 0 Å². The molecule has 0 radical (unpaired) electrons. The number of allylic oxidation sites excluding steroid dienone is 6. The van der Waals surface area contributed by atoms with Crippen LogP contribution < -0.4 is 5.32 Å². The number of phosphoric acid groups is 1. The van der Waals surface area contributed by atoms with Crippen LogP contribution in [-0.2, 0) is 27.9 Å².